The number of rotatable bonds is 3. The second kappa shape index (κ2) is 4.78. The summed E-state index contributed by atoms with van der Waals surface area (Å²) in [7, 11) is 0. The van der Waals surface area contributed by atoms with Crippen molar-refractivity contribution < 1.29 is 5.11 Å². The first-order chi connectivity index (χ1) is 6.65. The third-order valence-electron chi connectivity index (χ3n) is 2.19. The molecule has 0 aliphatic rings. The van der Waals surface area contributed by atoms with E-state index in [1.165, 1.54) is 0 Å². The van der Waals surface area contributed by atoms with Crippen LogP contribution >= 0.6 is 0 Å². The largest absolute Gasteiger partial charge is 0.388 e. The molecule has 0 amide bonds. The zero-order chi connectivity index (χ0) is 10.6. The number of aliphatic hydroxyl groups is 1. The summed E-state index contributed by atoms with van der Waals surface area (Å²) in [6, 6.07) is 3.82. The average molecular weight is 189 g/mol. The van der Waals surface area contributed by atoms with Crippen LogP contribution in [0.4, 0.5) is 0 Å². The number of terminal acetylenes is 1. The molecule has 0 bridgehead atoms. The van der Waals surface area contributed by atoms with E-state index in [-0.39, 0.29) is 0 Å². The van der Waals surface area contributed by atoms with Crippen molar-refractivity contribution >= 4 is 0 Å². The maximum atomic E-state index is 9.79. The Hall–Kier alpha value is -1.33. The summed E-state index contributed by atoms with van der Waals surface area (Å²) in [5.74, 6) is 2.52. The maximum absolute atomic E-state index is 9.79. The van der Waals surface area contributed by atoms with Crippen LogP contribution < -0.4 is 0 Å². The van der Waals surface area contributed by atoms with Gasteiger partial charge in [-0.05, 0) is 26.3 Å². The Labute approximate surface area is 85.0 Å². The lowest BCUT2D eigenvalue weighted by atomic mass is 10.0. The van der Waals surface area contributed by atoms with Gasteiger partial charge >= 0.3 is 0 Å². The fraction of sp³-hybridized carbons (Fsp3) is 0.417. The van der Waals surface area contributed by atoms with Crippen LogP contribution in [0.5, 0.6) is 0 Å². The second-order valence-corrected chi connectivity index (χ2v) is 3.39. The van der Waals surface area contributed by atoms with Gasteiger partial charge in [-0.25, -0.2) is 0 Å². The van der Waals surface area contributed by atoms with Gasteiger partial charge in [0.2, 0.25) is 0 Å². The van der Waals surface area contributed by atoms with Crippen LogP contribution in [0.2, 0.25) is 0 Å². The van der Waals surface area contributed by atoms with Gasteiger partial charge in [-0.15, -0.1) is 12.3 Å². The predicted molar refractivity (Wildman–Crippen MR) is 56.7 cm³/mol. The smallest absolute Gasteiger partial charge is 0.0816 e. The summed E-state index contributed by atoms with van der Waals surface area (Å²) in [4.78, 5) is 4.29. The van der Waals surface area contributed by atoms with Crippen molar-refractivity contribution in [3.8, 4) is 12.3 Å². The molecular weight excluding hydrogens is 174 g/mol. The molecule has 0 radical (unpaired) electrons. The van der Waals surface area contributed by atoms with Crippen molar-refractivity contribution in [1.82, 2.24) is 4.98 Å². The lowest BCUT2D eigenvalue weighted by Crippen LogP contribution is -2.02. The van der Waals surface area contributed by atoms with Crippen molar-refractivity contribution in [2.75, 3.05) is 0 Å². The minimum absolute atomic E-state index is 0.487. The molecule has 0 aromatic carbocycles. The first-order valence-electron chi connectivity index (χ1n) is 4.71. The molecule has 1 unspecified atom stereocenters. The number of hydrogen-bond acceptors (Lipinski definition) is 2. The molecule has 74 valence electrons. The Bertz CT molecular complexity index is 352. The quantitative estimate of drug-likeness (QED) is 0.739. The Balaban J connectivity index is 2.80. The van der Waals surface area contributed by atoms with Gasteiger partial charge in [-0.1, -0.05) is 6.07 Å². The van der Waals surface area contributed by atoms with Crippen molar-refractivity contribution in [3.05, 3.63) is 29.1 Å². The van der Waals surface area contributed by atoms with E-state index < -0.39 is 6.10 Å². The van der Waals surface area contributed by atoms with Crippen LogP contribution in [0, 0.1) is 26.2 Å². The fourth-order valence-electron chi connectivity index (χ4n) is 1.43. The van der Waals surface area contributed by atoms with Crippen LogP contribution in [0.25, 0.3) is 0 Å². The molecule has 1 N–H and O–H groups in total. The summed E-state index contributed by atoms with van der Waals surface area (Å²) >= 11 is 0. The van der Waals surface area contributed by atoms with E-state index in [0.29, 0.717) is 12.8 Å². The van der Waals surface area contributed by atoms with Crippen molar-refractivity contribution in [3.63, 3.8) is 0 Å². The highest BCUT2D eigenvalue weighted by atomic mass is 16.3. The number of pyridine rings is 1. The monoisotopic (exact) mass is 189 g/mol. The first kappa shape index (κ1) is 10.7. The number of hydrogen-bond donors (Lipinski definition) is 1. The number of nitrogens with zero attached hydrogens (tertiary/aromatic N) is 1. The Morgan fingerprint density at radius 3 is 2.79 bits per heavy atom. The number of aryl methyl sites for hydroxylation is 2. The maximum Gasteiger partial charge on any atom is 0.0816 e. The van der Waals surface area contributed by atoms with E-state index in [1.807, 2.05) is 26.0 Å². The zero-order valence-corrected chi connectivity index (χ0v) is 8.62. The topological polar surface area (TPSA) is 33.1 Å². The zero-order valence-electron chi connectivity index (χ0n) is 8.62. The van der Waals surface area contributed by atoms with E-state index in [2.05, 4.69) is 10.9 Å². The van der Waals surface area contributed by atoms with Crippen molar-refractivity contribution in [2.24, 2.45) is 0 Å². The molecule has 1 heterocycles. The predicted octanol–water partition coefficient (Wildman–Crippen LogP) is 2.15. The molecule has 0 saturated carbocycles. The van der Waals surface area contributed by atoms with Crippen LogP contribution in [0.3, 0.4) is 0 Å². The molecule has 1 rings (SSSR count). The lowest BCUT2D eigenvalue weighted by Gasteiger charge is -2.11. The van der Waals surface area contributed by atoms with Crippen LogP contribution in [-0.4, -0.2) is 10.1 Å². The van der Waals surface area contributed by atoms with Gasteiger partial charge in [0.15, 0.2) is 0 Å². The summed E-state index contributed by atoms with van der Waals surface area (Å²) in [5.41, 5.74) is 2.73. The molecule has 1 atom stereocenters. The highest BCUT2D eigenvalue weighted by Crippen LogP contribution is 2.20. The van der Waals surface area contributed by atoms with Crippen molar-refractivity contribution in [2.45, 2.75) is 32.8 Å². The minimum Gasteiger partial charge on any atom is -0.388 e. The van der Waals surface area contributed by atoms with Gasteiger partial charge in [0, 0.05) is 23.4 Å². The van der Waals surface area contributed by atoms with Gasteiger partial charge < -0.3 is 5.11 Å². The van der Waals surface area contributed by atoms with E-state index in [1.54, 1.807) is 0 Å². The third kappa shape index (κ3) is 2.58. The van der Waals surface area contributed by atoms with Crippen LogP contribution in [0.15, 0.2) is 12.1 Å². The normalized spacial score (nSPS) is 12.1. The van der Waals surface area contributed by atoms with Gasteiger partial charge in [0.05, 0.1) is 6.10 Å². The molecule has 0 aliphatic heterocycles. The first-order valence-corrected chi connectivity index (χ1v) is 4.71. The molecule has 2 nitrogen and oxygen atoms in total. The lowest BCUT2D eigenvalue weighted by molar-refractivity contribution is 0.168. The highest BCUT2D eigenvalue weighted by molar-refractivity contribution is 5.23. The minimum atomic E-state index is -0.487. The Morgan fingerprint density at radius 1 is 1.50 bits per heavy atom. The van der Waals surface area contributed by atoms with E-state index in [0.717, 1.165) is 17.0 Å². The van der Waals surface area contributed by atoms with Gasteiger partial charge in [-0.2, -0.15) is 0 Å². The molecule has 0 fully saturated rings. The molecule has 1 aromatic rings. The molecule has 14 heavy (non-hydrogen) atoms. The van der Waals surface area contributed by atoms with Gasteiger partial charge in [0.25, 0.3) is 0 Å². The number of aromatic nitrogens is 1. The van der Waals surface area contributed by atoms with E-state index in [9.17, 15) is 5.11 Å². The van der Waals surface area contributed by atoms with Crippen molar-refractivity contribution in [1.29, 1.82) is 0 Å². The summed E-state index contributed by atoms with van der Waals surface area (Å²) < 4.78 is 0. The van der Waals surface area contributed by atoms with Crippen LogP contribution in [-0.2, 0) is 0 Å². The summed E-state index contributed by atoms with van der Waals surface area (Å²) in [5, 5.41) is 9.79. The molecule has 2 heteroatoms. The number of aliphatic hydroxyl groups excluding tert-OH is 1. The molecule has 0 aliphatic carbocycles. The second-order valence-electron chi connectivity index (χ2n) is 3.39. The molecule has 1 aromatic heterocycles. The molecular formula is C12H15NO. The Morgan fingerprint density at radius 2 is 2.21 bits per heavy atom. The van der Waals surface area contributed by atoms with E-state index >= 15 is 0 Å². The SMILES string of the molecule is C#CCCC(O)c1ccc(C)nc1C. The fourth-order valence-corrected chi connectivity index (χ4v) is 1.43. The van der Waals surface area contributed by atoms with E-state index in [4.69, 9.17) is 6.42 Å². The third-order valence-corrected chi connectivity index (χ3v) is 2.19. The van der Waals surface area contributed by atoms with Crippen LogP contribution in [0.1, 0.15) is 35.9 Å². The highest BCUT2D eigenvalue weighted by Gasteiger charge is 2.10. The summed E-state index contributed by atoms with van der Waals surface area (Å²) in [6.07, 6.45) is 5.84. The standard InChI is InChI=1S/C12H15NO/c1-4-5-6-12(14)11-8-7-9(2)13-10(11)3/h1,7-8,12,14H,5-6H2,2-3H3. The average Bonchev–Trinajstić information content (AvgIpc) is 2.14. The van der Waals surface area contributed by atoms with Gasteiger partial charge in [0.1, 0.15) is 0 Å². The molecule has 0 spiro atoms. The van der Waals surface area contributed by atoms with Gasteiger partial charge in [-0.3, -0.25) is 4.98 Å². The Kier molecular flexibility index (Phi) is 3.67. The molecule has 0 saturated heterocycles. The summed E-state index contributed by atoms with van der Waals surface area (Å²) in [6.45, 7) is 3.84.